The molecule has 0 unspecified atom stereocenters. The summed E-state index contributed by atoms with van der Waals surface area (Å²) in [5.74, 6) is 0.0434. The van der Waals surface area contributed by atoms with Crippen LogP contribution in [0.15, 0.2) is 24.3 Å². The van der Waals surface area contributed by atoms with Gasteiger partial charge in [0.05, 0.1) is 11.6 Å². The van der Waals surface area contributed by atoms with Gasteiger partial charge in [0.1, 0.15) is 0 Å². The van der Waals surface area contributed by atoms with Crippen LogP contribution in [0.5, 0.6) is 0 Å². The SMILES string of the molecule is CCCCN(CCC(=O)Nc1ccc(C#N)cc1)C1CC1. The average molecular weight is 285 g/mol. The van der Waals surface area contributed by atoms with E-state index in [4.69, 9.17) is 5.26 Å². The van der Waals surface area contributed by atoms with Gasteiger partial charge in [-0.25, -0.2) is 0 Å². The number of rotatable bonds is 8. The predicted octanol–water partition coefficient (Wildman–Crippen LogP) is 3.15. The molecule has 1 aliphatic carbocycles. The molecular weight excluding hydrogens is 262 g/mol. The zero-order chi connectivity index (χ0) is 15.1. The molecule has 0 atom stereocenters. The summed E-state index contributed by atoms with van der Waals surface area (Å²) in [6, 6.07) is 9.75. The van der Waals surface area contributed by atoms with E-state index in [9.17, 15) is 4.79 Å². The van der Waals surface area contributed by atoms with Crippen molar-refractivity contribution in [2.75, 3.05) is 18.4 Å². The minimum Gasteiger partial charge on any atom is -0.326 e. The summed E-state index contributed by atoms with van der Waals surface area (Å²) in [6.07, 6.45) is 5.48. The Kier molecular flexibility index (Phi) is 5.77. The number of carbonyl (C=O) groups excluding carboxylic acids is 1. The molecule has 0 radical (unpaired) electrons. The van der Waals surface area contributed by atoms with Crippen LogP contribution in [-0.4, -0.2) is 29.9 Å². The Hall–Kier alpha value is -1.86. The lowest BCUT2D eigenvalue weighted by molar-refractivity contribution is -0.116. The van der Waals surface area contributed by atoms with Gasteiger partial charge in [-0.2, -0.15) is 5.26 Å². The minimum absolute atomic E-state index is 0.0434. The Labute approximate surface area is 126 Å². The van der Waals surface area contributed by atoms with Crippen molar-refractivity contribution in [2.45, 2.75) is 45.1 Å². The van der Waals surface area contributed by atoms with Crippen molar-refractivity contribution in [2.24, 2.45) is 0 Å². The van der Waals surface area contributed by atoms with E-state index < -0.39 is 0 Å². The standard InChI is InChI=1S/C17H23N3O/c1-2-3-11-20(16-8-9-16)12-10-17(21)19-15-6-4-14(13-18)5-7-15/h4-7,16H,2-3,8-12H2,1H3,(H,19,21). The summed E-state index contributed by atoms with van der Waals surface area (Å²) in [5, 5.41) is 11.6. The summed E-state index contributed by atoms with van der Waals surface area (Å²) in [7, 11) is 0. The molecule has 1 amide bonds. The summed E-state index contributed by atoms with van der Waals surface area (Å²) < 4.78 is 0. The van der Waals surface area contributed by atoms with Gasteiger partial charge in [0.25, 0.3) is 0 Å². The second-order valence-corrected chi connectivity index (χ2v) is 5.61. The molecule has 0 aromatic heterocycles. The van der Waals surface area contributed by atoms with E-state index in [2.05, 4.69) is 23.2 Å². The molecule has 0 heterocycles. The first kappa shape index (κ1) is 15.5. The molecule has 112 valence electrons. The van der Waals surface area contributed by atoms with Crippen LogP contribution in [0.4, 0.5) is 5.69 Å². The second-order valence-electron chi connectivity index (χ2n) is 5.61. The average Bonchev–Trinajstić information content (AvgIpc) is 3.33. The lowest BCUT2D eigenvalue weighted by Crippen LogP contribution is -2.30. The van der Waals surface area contributed by atoms with Crippen LogP contribution in [0.25, 0.3) is 0 Å². The molecular formula is C17H23N3O. The lowest BCUT2D eigenvalue weighted by atomic mass is 10.2. The van der Waals surface area contributed by atoms with Crippen molar-refractivity contribution in [1.82, 2.24) is 4.90 Å². The van der Waals surface area contributed by atoms with Crippen LogP contribution in [0.2, 0.25) is 0 Å². The number of carbonyl (C=O) groups is 1. The third-order valence-corrected chi connectivity index (χ3v) is 3.79. The van der Waals surface area contributed by atoms with Crippen molar-refractivity contribution >= 4 is 11.6 Å². The topological polar surface area (TPSA) is 56.1 Å². The fraction of sp³-hybridized carbons (Fsp3) is 0.529. The van der Waals surface area contributed by atoms with Gasteiger partial charge in [-0.05, 0) is 50.1 Å². The Morgan fingerprint density at radius 1 is 1.33 bits per heavy atom. The molecule has 0 bridgehead atoms. The number of anilines is 1. The highest BCUT2D eigenvalue weighted by atomic mass is 16.1. The van der Waals surface area contributed by atoms with Crippen LogP contribution in [0.1, 0.15) is 44.6 Å². The van der Waals surface area contributed by atoms with Crippen molar-refractivity contribution in [3.05, 3.63) is 29.8 Å². The number of amides is 1. The number of hydrogen-bond acceptors (Lipinski definition) is 3. The van der Waals surface area contributed by atoms with Crippen molar-refractivity contribution < 1.29 is 4.79 Å². The first-order valence-electron chi connectivity index (χ1n) is 7.77. The van der Waals surface area contributed by atoms with Gasteiger partial charge in [-0.3, -0.25) is 9.69 Å². The smallest absolute Gasteiger partial charge is 0.225 e. The molecule has 4 heteroatoms. The maximum absolute atomic E-state index is 12.0. The summed E-state index contributed by atoms with van der Waals surface area (Å²) in [4.78, 5) is 14.4. The molecule has 1 aliphatic rings. The van der Waals surface area contributed by atoms with Gasteiger partial charge in [-0.15, -0.1) is 0 Å². The van der Waals surface area contributed by atoms with E-state index in [-0.39, 0.29) is 5.91 Å². The van der Waals surface area contributed by atoms with Crippen molar-refractivity contribution in [3.63, 3.8) is 0 Å². The molecule has 1 saturated carbocycles. The first-order chi connectivity index (χ1) is 10.2. The van der Waals surface area contributed by atoms with Crippen LogP contribution in [-0.2, 0) is 4.79 Å². The van der Waals surface area contributed by atoms with E-state index in [0.29, 0.717) is 18.0 Å². The summed E-state index contributed by atoms with van der Waals surface area (Å²) >= 11 is 0. The first-order valence-corrected chi connectivity index (χ1v) is 7.77. The van der Waals surface area contributed by atoms with E-state index in [1.165, 1.54) is 25.7 Å². The maximum Gasteiger partial charge on any atom is 0.225 e. The molecule has 21 heavy (non-hydrogen) atoms. The summed E-state index contributed by atoms with van der Waals surface area (Å²) in [6.45, 7) is 4.14. The Morgan fingerprint density at radius 2 is 2.05 bits per heavy atom. The molecule has 0 spiro atoms. The van der Waals surface area contributed by atoms with Gasteiger partial charge >= 0.3 is 0 Å². The van der Waals surface area contributed by atoms with Crippen molar-refractivity contribution in [3.8, 4) is 6.07 Å². The molecule has 1 N–H and O–H groups in total. The maximum atomic E-state index is 12.0. The van der Waals surface area contributed by atoms with Crippen molar-refractivity contribution in [1.29, 1.82) is 5.26 Å². The molecule has 1 aromatic rings. The molecule has 2 rings (SSSR count). The number of unbranched alkanes of at least 4 members (excludes halogenated alkanes) is 1. The molecule has 0 aliphatic heterocycles. The number of nitriles is 1. The monoisotopic (exact) mass is 285 g/mol. The third kappa shape index (κ3) is 5.20. The molecule has 1 fully saturated rings. The number of benzene rings is 1. The molecule has 4 nitrogen and oxygen atoms in total. The van der Waals surface area contributed by atoms with Gasteiger partial charge in [0, 0.05) is 24.7 Å². The lowest BCUT2D eigenvalue weighted by Gasteiger charge is -2.21. The normalized spacial score (nSPS) is 14.0. The fourth-order valence-corrected chi connectivity index (χ4v) is 2.37. The number of hydrogen-bond donors (Lipinski definition) is 1. The fourth-order valence-electron chi connectivity index (χ4n) is 2.37. The largest absolute Gasteiger partial charge is 0.326 e. The quantitative estimate of drug-likeness (QED) is 0.798. The van der Waals surface area contributed by atoms with Gasteiger partial charge in [-0.1, -0.05) is 13.3 Å². The Morgan fingerprint density at radius 3 is 2.62 bits per heavy atom. The predicted molar refractivity (Wildman–Crippen MR) is 83.9 cm³/mol. The van der Waals surface area contributed by atoms with E-state index in [1.54, 1.807) is 24.3 Å². The molecule has 0 saturated heterocycles. The highest BCUT2D eigenvalue weighted by molar-refractivity contribution is 5.90. The van der Waals surface area contributed by atoms with Crippen LogP contribution >= 0.6 is 0 Å². The van der Waals surface area contributed by atoms with Gasteiger partial charge in [0.15, 0.2) is 0 Å². The third-order valence-electron chi connectivity index (χ3n) is 3.79. The Balaban J connectivity index is 1.76. The van der Waals surface area contributed by atoms with Crippen LogP contribution in [0, 0.1) is 11.3 Å². The Bertz CT molecular complexity index is 500. The highest BCUT2D eigenvalue weighted by Crippen LogP contribution is 2.27. The summed E-state index contributed by atoms with van der Waals surface area (Å²) in [5.41, 5.74) is 1.36. The van der Waals surface area contributed by atoms with E-state index >= 15 is 0 Å². The zero-order valence-corrected chi connectivity index (χ0v) is 12.6. The minimum atomic E-state index is 0.0434. The van der Waals surface area contributed by atoms with E-state index in [0.717, 1.165) is 18.8 Å². The van der Waals surface area contributed by atoms with Gasteiger partial charge < -0.3 is 5.32 Å². The van der Waals surface area contributed by atoms with Gasteiger partial charge in [0.2, 0.25) is 5.91 Å². The number of nitrogens with one attached hydrogen (secondary N) is 1. The second kappa shape index (κ2) is 7.80. The highest BCUT2D eigenvalue weighted by Gasteiger charge is 2.28. The van der Waals surface area contributed by atoms with Crippen LogP contribution in [0.3, 0.4) is 0 Å². The molecule has 1 aromatic carbocycles. The van der Waals surface area contributed by atoms with E-state index in [1.807, 2.05) is 0 Å². The van der Waals surface area contributed by atoms with Crippen LogP contribution < -0.4 is 5.32 Å². The zero-order valence-electron chi connectivity index (χ0n) is 12.6. The number of nitrogens with zero attached hydrogens (tertiary/aromatic N) is 2.